The van der Waals surface area contributed by atoms with Gasteiger partial charge in [0.05, 0.1) is 5.52 Å². The predicted molar refractivity (Wildman–Crippen MR) is 124 cm³/mol. The molecule has 1 heterocycles. The first-order valence-corrected chi connectivity index (χ1v) is 10.5. The molecule has 3 aromatic carbocycles. The number of carbonyl (C=O) groups is 1. The van der Waals surface area contributed by atoms with Gasteiger partial charge in [-0.15, -0.1) is 10.2 Å². The van der Waals surface area contributed by atoms with E-state index in [9.17, 15) is 15.0 Å². The summed E-state index contributed by atoms with van der Waals surface area (Å²) < 4.78 is 1.69. The van der Waals surface area contributed by atoms with E-state index in [-0.39, 0.29) is 11.6 Å². The lowest BCUT2D eigenvalue weighted by Crippen LogP contribution is -2.35. The van der Waals surface area contributed by atoms with E-state index in [1.807, 2.05) is 69.3 Å². The Labute approximate surface area is 186 Å². The number of benzene rings is 3. The molecule has 0 spiro atoms. The van der Waals surface area contributed by atoms with Crippen LogP contribution in [-0.2, 0) is 16.9 Å². The number of aromatic hydroxyl groups is 1. The molecule has 0 aliphatic heterocycles. The predicted octanol–water partition coefficient (Wildman–Crippen LogP) is 5.53. The maximum Gasteiger partial charge on any atom is 0.305 e. The van der Waals surface area contributed by atoms with Crippen molar-refractivity contribution in [3.8, 4) is 5.88 Å². The third kappa shape index (κ3) is 3.59. The SMILES string of the molecule is CCn1c(O)c(N=NC(=O)C(O)(c2ccc(C)cc2)c2ccc(C)cc2)c2ccccc21. The fourth-order valence-electron chi connectivity index (χ4n) is 3.86. The van der Waals surface area contributed by atoms with Gasteiger partial charge in [0.1, 0.15) is 0 Å². The molecule has 0 aliphatic rings. The number of aromatic nitrogens is 1. The van der Waals surface area contributed by atoms with Crippen molar-refractivity contribution in [3.63, 3.8) is 0 Å². The van der Waals surface area contributed by atoms with E-state index in [0.717, 1.165) is 16.6 Å². The van der Waals surface area contributed by atoms with Gasteiger partial charge in [0.15, 0.2) is 11.3 Å². The van der Waals surface area contributed by atoms with Gasteiger partial charge in [0.2, 0.25) is 5.88 Å². The summed E-state index contributed by atoms with van der Waals surface area (Å²) in [7, 11) is 0. The van der Waals surface area contributed by atoms with Crippen molar-refractivity contribution in [1.29, 1.82) is 0 Å². The summed E-state index contributed by atoms with van der Waals surface area (Å²) in [6.45, 7) is 6.31. The molecule has 0 radical (unpaired) electrons. The van der Waals surface area contributed by atoms with Gasteiger partial charge in [-0.05, 0) is 38.0 Å². The molecular formula is C26H25N3O3. The lowest BCUT2D eigenvalue weighted by molar-refractivity contribution is -0.133. The number of amides is 1. The third-order valence-corrected chi connectivity index (χ3v) is 5.72. The Hall–Kier alpha value is -3.77. The van der Waals surface area contributed by atoms with E-state index in [4.69, 9.17) is 0 Å². The van der Waals surface area contributed by atoms with Gasteiger partial charge < -0.3 is 14.8 Å². The van der Waals surface area contributed by atoms with Crippen LogP contribution in [0.4, 0.5) is 5.69 Å². The van der Waals surface area contributed by atoms with Crippen LogP contribution in [-0.4, -0.2) is 20.7 Å². The molecular weight excluding hydrogens is 402 g/mol. The number of aryl methyl sites for hydroxylation is 3. The first kappa shape index (κ1) is 21.5. The minimum absolute atomic E-state index is 0.0699. The number of hydrogen-bond donors (Lipinski definition) is 2. The second kappa shape index (κ2) is 8.40. The van der Waals surface area contributed by atoms with Crippen LogP contribution >= 0.6 is 0 Å². The molecule has 2 N–H and O–H groups in total. The highest BCUT2D eigenvalue weighted by molar-refractivity contribution is 5.96. The lowest BCUT2D eigenvalue weighted by Gasteiger charge is -2.25. The van der Waals surface area contributed by atoms with Crippen molar-refractivity contribution < 1.29 is 15.0 Å². The van der Waals surface area contributed by atoms with Crippen molar-refractivity contribution in [2.75, 3.05) is 0 Å². The van der Waals surface area contributed by atoms with E-state index < -0.39 is 11.5 Å². The van der Waals surface area contributed by atoms with Crippen LogP contribution < -0.4 is 0 Å². The molecule has 4 aromatic rings. The number of hydrogen-bond acceptors (Lipinski definition) is 4. The third-order valence-electron chi connectivity index (χ3n) is 5.72. The topological polar surface area (TPSA) is 87.2 Å². The van der Waals surface area contributed by atoms with Crippen molar-refractivity contribution in [1.82, 2.24) is 4.57 Å². The Balaban J connectivity index is 1.82. The quantitative estimate of drug-likeness (QED) is 0.411. The molecule has 0 atom stereocenters. The molecule has 0 bridgehead atoms. The van der Waals surface area contributed by atoms with Gasteiger partial charge >= 0.3 is 5.91 Å². The normalized spacial score (nSPS) is 12.0. The number of fused-ring (bicyclic) bond motifs is 1. The number of aliphatic hydroxyl groups is 1. The Bertz CT molecular complexity index is 1260. The van der Waals surface area contributed by atoms with Crippen molar-refractivity contribution >= 4 is 22.5 Å². The maximum absolute atomic E-state index is 13.3. The van der Waals surface area contributed by atoms with E-state index in [1.165, 1.54) is 0 Å². The van der Waals surface area contributed by atoms with Crippen LogP contribution in [0.1, 0.15) is 29.2 Å². The fraction of sp³-hybridized carbons (Fsp3) is 0.192. The minimum Gasteiger partial charge on any atom is -0.493 e. The summed E-state index contributed by atoms with van der Waals surface area (Å²) in [6, 6.07) is 21.6. The Morgan fingerprint density at radius 2 is 1.44 bits per heavy atom. The number of azo groups is 1. The molecule has 6 heteroatoms. The minimum atomic E-state index is -2.01. The van der Waals surface area contributed by atoms with E-state index >= 15 is 0 Å². The Kier molecular flexibility index (Phi) is 5.63. The molecule has 6 nitrogen and oxygen atoms in total. The summed E-state index contributed by atoms with van der Waals surface area (Å²) >= 11 is 0. The van der Waals surface area contributed by atoms with Crippen LogP contribution in [0.2, 0.25) is 0 Å². The van der Waals surface area contributed by atoms with Crippen LogP contribution in [0.5, 0.6) is 5.88 Å². The van der Waals surface area contributed by atoms with Gasteiger partial charge in [0.25, 0.3) is 0 Å². The van der Waals surface area contributed by atoms with Crippen LogP contribution in [0.25, 0.3) is 10.9 Å². The summed E-state index contributed by atoms with van der Waals surface area (Å²) in [5.41, 5.74) is 1.79. The van der Waals surface area contributed by atoms with Gasteiger partial charge in [-0.1, -0.05) is 77.9 Å². The summed E-state index contributed by atoms with van der Waals surface area (Å²) in [5, 5.41) is 31.0. The van der Waals surface area contributed by atoms with Crippen LogP contribution in [0.3, 0.4) is 0 Å². The number of carbonyl (C=O) groups excluding carboxylic acids is 1. The smallest absolute Gasteiger partial charge is 0.305 e. The highest BCUT2D eigenvalue weighted by Crippen LogP contribution is 2.39. The van der Waals surface area contributed by atoms with Gasteiger partial charge in [-0.3, -0.25) is 4.79 Å². The molecule has 32 heavy (non-hydrogen) atoms. The molecule has 0 saturated heterocycles. The lowest BCUT2D eigenvalue weighted by atomic mass is 9.85. The van der Waals surface area contributed by atoms with Crippen molar-refractivity contribution in [2.45, 2.75) is 32.9 Å². The average molecular weight is 428 g/mol. The summed E-state index contributed by atoms with van der Waals surface area (Å²) in [5.74, 6) is -0.905. The number of para-hydroxylation sites is 1. The molecule has 1 amide bonds. The van der Waals surface area contributed by atoms with Crippen LogP contribution in [0.15, 0.2) is 83.0 Å². The maximum atomic E-state index is 13.3. The average Bonchev–Trinajstić information content (AvgIpc) is 3.08. The second-order valence-corrected chi connectivity index (χ2v) is 7.88. The zero-order valence-corrected chi connectivity index (χ0v) is 18.3. The molecule has 162 valence electrons. The Morgan fingerprint density at radius 1 is 0.906 bits per heavy atom. The molecule has 0 fully saturated rings. The summed E-state index contributed by atoms with van der Waals surface area (Å²) in [4.78, 5) is 13.3. The monoisotopic (exact) mass is 427 g/mol. The Morgan fingerprint density at radius 3 is 1.97 bits per heavy atom. The zero-order valence-electron chi connectivity index (χ0n) is 18.3. The molecule has 4 rings (SSSR count). The molecule has 0 saturated carbocycles. The van der Waals surface area contributed by atoms with E-state index in [2.05, 4.69) is 10.2 Å². The van der Waals surface area contributed by atoms with Crippen molar-refractivity contribution in [2.24, 2.45) is 10.2 Å². The van der Waals surface area contributed by atoms with E-state index in [0.29, 0.717) is 23.1 Å². The number of nitrogens with zero attached hydrogens (tertiary/aromatic N) is 3. The van der Waals surface area contributed by atoms with Crippen LogP contribution in [0, 0.1) is 13.8 Å². The first-order valence-electron chi connectivity index (χ1n) is 10.5. The largest absolute Gasteiger partial charge is 0.493 e. The fourth-order valence-corrected chi connectivity index (χ4v) is 3.86. The van der Waals surface area contributed by atoms with Gasteiger partial charge in [-0.2, -0.15) is 0 Å². The molecule has 1 aromatic heterocycles. The zero-order chi connectivity index (χ0) is 22.9. The molecule has 0 aliphatic carbocycles. The number of rotatable bonds is 5. The first-order chi connectivity index (χ1) is 15.4. The molecule has 0 unspecified atom stereocenters. The van der Waals surface area contributed by atoms with Crippen molar-refractivity contribution in [3.05, 3.63) is 95.1 Å². The van der Waals surface area contributed by atoms with Gasteiger partial charge in [-0.25, -0.2) is 0 Å². The summed E-state index contributed by atoms with van der Waals surface area (Å²) in [6.07, 6.45) is 0. The standard InChI is InChI=1S/C26H25N3O3/c1-4-29-22-8-6-5-7-21(22)23(24(29)30)27-28-25(31)26(32,19-13-9-17(2)10-14-19)20-15-11-18(3)12-16-20/h5-16,30,32H,4H2,1-3H3. The highest BCUT2D eigenvalue weighted by atomic mass is 16.3. The second-order valence-electron chi connectivity index (χ2n) is 7.88. The van der Waals surface area contributed by atoms with E-state index in [1.54, 1.807) is 28.8 Å². The van der Waals surface area contributed by atoms with Gasteiger partial charge in [0, 0.05) is 11.9 Å². The highest BCUT2D eigenvalue weighted by Gasteiger charge is 2.40.